The van der Waals surface area contributed by atoms with E-state index in [4.69, 9.17) is 17.3 Å². The Hall–Kier alpha value is -1.71. The van der Waals surface area contributed by atoms with Crippen LogP contribution in [-0.4, -0.2) is 4.98 Å². The number of nitrogens with zero attached hydrogens (tertiary/aromatic N) is 1. The summed E-state index contributed by atoms with van der Waals surface area (Å²) in [6.45, 7) is 0. The second kappa shape index (κ2) is 5.11. The third-order valence-electron chi connectivity index (χ3n) is 2.87. The minimum atomic E-state index is 0.742. The zero-order chi connectivity index (χ0) is 13.2. The maximum Gasteiger partial charge on any atom is 0.0545 e. The van der Waals surface area contributed by atoms with Crippen molar-refractivity contribution in [3.8, 4) is 0 Å². The molecule has 3 aromatic rings. The van der Waals surface area contributed by atoms with Gasteiger partial charge in [-0.05, 0) is 30.3 Å². The molecule has 0 spiro atoms. The molecule has 94 valence electrons. The number of halogens is 1. The molecule has 0 radical (unpaired) electrons. The van der Waals surface area contributed by atoms with Gasteiger partial charge in [-0.15, -0.1) is 0 Å². The van der Waals surface area contributed by atoms with Crippen LogP contribution in [0.2, 0.25) is 5.02 Å². The molecule has 4 heteroatoms. The van der Waals surface area contributed by atoms with Crippen LogP contribution in [0, 0.1) is 0 Å². The SMILES string of the molecule is Nc1ccc(Sc2ccccc2Cl)c2ccncc12. The number of fused-ring (bicyclic) bond motifs is 1. The molecule has 0 aliphatic carbocycles. The number of aromatic nitrogens is 1. The number of nitrogen functional groups attached to an aromatic ring is 1. The molecule has 0 fully saturated rings. The topological polar surface area (TPSA) is 38.9 Å². The predicted octanol–water partition coefficient (Wildman–Crippen LogP) is 4.62. The molecule has 0 unspecified atom stereocenters. The van der Waals surface area contributed by atoms with E-state index in [2.05, 4.69) is 4.98 Å². The summed E-state index contributed by atoms with van der Waals surface area (Å²) in [6, 6.07) is 13.7. The molecular weight excluding hydrogens is 276 g/mol. The van der Waals surface area contributed by atoms with Crippen LogP contribution in [0.25, 0.3) is 10.8 Å². The van der Waals surface area contributed by atoms with Crippen molar-refractivity contribution in [2.24, 2.45) is 0 Å². The molecule has 1 heterocycles. The molecule has 0 saturated carbocycles. The Morgan fingerprint density at radius 1 is 0.947 bits per heavy atom. The van der Waals surface area contributed by atoms with Gasteiger partial charge in [0.2, 0.25) is 0 Å². The molecule has 2 aromatic carbocycles. The van der Waals surface area contributed by atoms with Gasteiger partial charge in [0.1, 0.15) is 0 Å². The summed E-state index contributed by atoms with van der Waals surface area (Å²) in [5.41, 5.74) is 6.72. The minimum Gasteiger partial charge on any atom is -0.398 e. The van der Waals surface area contributed by atoms with Gasteiger partial charge in [0.15, 0.2) is 0 Å². The molecular formula is C15H11ClN2S. The molecule has 3 rings (SSSR count). The zero-order valence-corrected chi connectivity index (χ0v) is 11.6. The third-order valence-corrected chi connectivity index (χ3v) is 4.46. The van der Waals surface area contributed by atoms with Gasteiger partial charge in [-0.2, -0.15) is 0 Å². The second-order valence-corrected chi connectivity index (χ2v) is 5.60. The molecule has 2 N–H and O–H groups in total. The van der Waals surface area contributed by atoms with Crippen molar-refractivity contribution in [1.82, 2.24) is 4.98 Å². The molecule has 19 heavy (non-hydrogen) atoms. The number of pyridine rings is 1. The van der Waals surface area contributed by atoms with Gasteiger partial charge in [-0.25, -0.2) is 0 Å². The van der Waals surface area contributed by atoms with Crippen LogP contribution < -0.4 is 5.73 Å². The molecule has 0 amide bonds. The van der Waals surface area contributed by atoms with Gasteiger partial charge < -0.3 is 5.73 Å². The Kier molecular flexibility index (Phi) is 3.32. The van der Waals surface area contributed by atoms with Crippen molar-refractivity contribution in [2.45, 2.75) is 9.79 Å². The molecule has 2 nitrogen and oxygen atoms in total. The van der Waals surface area contributed by atoms with Crippen molar-refractivity contribution in [3.05, 3.63) is 59.9 Å². The smallest absolute Gasteiger partial charge is 0.0545 e. The Balaban J connectivity index is 2.12. The summed E-state index contributed by atoms with van der Waals surface area (Å²) >= 11 is 7.84. The first-order chi connectivity index (χ1) is 9.25. The fraction of sp³-hybridized carbons (Fsp3) is 0. The number of anilines is 1. The summed E-state index contributed by atoms with van der Waals surface area (Å²) in [5, 5.41) is 2.83. The lowest BCUT2D eigenvalue weighted by Crippen LogP contribution is -1.89. The molecule has 1 aromatic heterocycles. The molecule has 0 aliphatic heterocycles. The van der Waals surface area contributed by atoms with E-state index >= 15 is 0 Å². The first kappa shape index (κ1) is 12.3. The first-order valence-electron chi connectivity index (χ1n) is 5.80. The van der Waals surface area contributed by atoms with Crippen LogP contribution in [0.15, 0.2) is 64.6 Å². The fourth-order valence-corrected chi connectivity index (χ4v) is 3.14. The number of rotatable bonds is 2. The zero-order valence-electron chi connectivity index (χ0n) is 10.0. The highest BCUT2D eigenvalue weighted by Crippen LogP contribution is 2.38. The van der Waals surface area contributed by atoms with Crippen LogP contribution in [0.5, 0.6) is 0 Å². The van der Waals surface area contributed by atoms with Gasteiger partial charge in [-0.1, -0.05) is 35.5 Å². The van der Waals surface area contributed by atoms with Crippen molar-refractivity contribution in [3.63, 3.8) is 0 Å². The average Bonchev–Trinajstić information content (AvgIpc) is 2.44. The van der Waals surface area contributed by atoms with E-state index in [-0.39, 0.29) is 0 Å². The Morgan fingerprint density at radius 2 is 1.79 bits per heavy atom. The summed E-state index contributed by atoms with van der Waals surface area (Å²) in [5.74, 6) is 0. The summed E-state index contributed by atoms with van der Waals surface area (Å²) < 4.78 is 0. The van der Waals surface area contributed by atoms with E-state index < -0.39 is 0 Å². The van der Waals surface area contributed by atoms with Gasteiger partial charge in [0.05, 0.1) is 5.02 Å². The molecule has 0 aliphatic rings. The Bertz CT molecular complexity index is 743. The quantitative estimate of drug-likeness (QED) is 0.699. The lowest BCUT2D eigenvalue weighted by atomic mass is 10.1. The van der Waals surface area contributed by atoms with Crippen LogP contribution in [-0.2, 0) is 0 Å². The predicted molar refractivity (Wildman–Crippen MR) is 81.7 cm³/mol. The number of hydrogen-bond acceptors (Lipinski definition) is 3. The number of benzene rings is 2. The van der Waals surface area contributed by atoms with Crippen LogP contribution in [0.3, 0.4) is 0 Å². The first-order valence-corrected chi connectivity index (χ1v) is 7.00. The normalized spacial score (nSPS) is 10.8. The number of hydrogen-bond donors (Lipinski definition) is 1. The average molecular weight is 287 g/mol. The van der Waals surface area contributed by atoms with E-state index in [1.54, 1.807) is 24.2 Å². The van der Waals surface area contributed by atoms with E-state index in [1.807, 2.05) is 42.5 Å². The summed E-state index contributed by atoms with van der Waals surface area (Å²) in [7, 11) is 0. The third kappa shape index (κ3) is 2.39. The second-order valence-electron chi connectivity index (χ2n) is 4.11. The standard InChI is InChI=1S/C15H11ClN2S/c16-12-3-1-2-4-15(12)19-14-6-5-13(17)11-9-18-8-7-10(11)14/h1-9H,17H2. The summed E-state index contributed by atoms with van der Waals surface area (Å²) in [4.78, 5) is 6.28. The molecule has 0 atom stereocenters. The van der Waals surface area contributed by atoms with E-state index in [0.29, 0.717) is 0 Å². The largest absolute Gasteiger partial charge is 0.398 e. The monoisotopic (exact) mass is 286 g/mol. The Labute approximate surface area is 120 Å². The lowest BCUT2D eigenvalue weighted by molar-refractivity contribution is 1.35. The molecule has 0 saturated heterocycles. The highest BCUT2D eigenvalue weighted by atomic mass is 35.5. The van der Waals surface area contributed by atoms with Gasteiger partial charge in [-0.3, -0.25) is 4.98 Å². The minimum absolute atomic E-state index is 0.742. The highest BCUT2D eigenvalue weighted by molar-refractivity contribution is 7.99. The van der Waals surface area contributed by atoms with Crippen molar-refractivity contribution >= 4 is 39.8 Å². The summed E-state index contributed by atoms with van der Waals surface area (Å²) in [6.07, 6.45) is 3.57. The lowest BCUT2D eigenvalue weighted by Gasteiger charge is -2.09. The van der Waals surface area contributed by atoms with Gasteiger partial charge >= 0.3 is 0 Å². The fourth-order valence-electron chi connectivity index (χ4n) is 1.92. The maximum absolute atomic E-state index is 6.20. The van der Waals surface area contributed by atoms with Crippen LogP contribution >= 0.6 is 23.4 Å². The van der Waals surface area contributed by atoms with Gasteiger partial charge in [0.25, 0.3) is 0 Å². The van der Waals surface area contributed by atoms with E-state index in [9.17, 15) is 0 Å². The van der Waals surface area contributed by atoms with Crippen molar-refractivity contribution < 1.29 is 0 Å². The molecule has 0 bridgehead atoms. The van der Waals surface area contributed by atoms with Crippen LogP contribution in [0.1, 0.15) is 0 Å². The van der Waals surface area contributed by atoms with E-state index in [1.165, 1.54) is 0 Å². The highest BCUT2D eigenvalue weighted by Gasteiger charge is 2.07. The van der Waals surface area contributed by atoms with Gasteiger partial charge in [0, 0.05) is 38.6 Å². The van der Waals surface area contributed by atoms with Crippen molar-refractivity contribution in [2.75, 3.05) is 5.73 Å². The van der Waals surface area contributed by atoms with Crippen LogP contribution in [0.4, 0.5) is 5.69 Å². The Morgan fingerprint density at radius 3 is 2.63 bits per heavy atom. The van der Waals surface area contributed by atoms with E-state index in [0.717, 1.165) is 31.3 Å². The van der Waals surface area contributed by atoms with Crippen molar-refractivity contribution in [1.29, 1.82) is 0 Å². The number of nitrogens with two attached hydrogens (primary N) is 1. The maximum atomic E-state index is 6.20.